The van der Waals surface area contributed by atoms with Gasteiger partial charge in [-0.05, 0) is 54.4 Å². The van der Waals surface area contributed by atoms with E-state index in [9.17, 15) is 28.8 Å². The Hall–Kier alpha value is -3.96. The van der Waals surface area contributed by atoms with Crippen LogP contribution in [0.3, 0.4) is 0 Å². The van der Waals surface area contributed by atoms with Gasteiger partial charge in [0.2, 0.25) is 35.4 Å². The average molecular weight is 699 g/mol. The molecular formula is C38H62N6O6. The maximum atomic E-state index is 14.0. The molecule has 6 amide bonds. The van der Waals surface area contributed by atoms with Gasteiger partial charge >= 0.3 is 0 Å². The highest BCUT2D eigenvalue weighted by molar-refractivity contribution is 5.98. The van der Waals surface area contributed by atoms with Crippen molar-refractivity contribution in [3.05, 3.63) is 35.9 Å². The molecule has 1 heterocycles. The van der Waals surface area contributed by atoms with Crippen LogP contribution in [0, 0.1) is 29.6 Å². The van der Waals surface area contributed by atoms with Crippen molar-refractivity contribution < 1.29 is 28.8 Å². The minimum atomic E-state index is -1.08. The number of hydrogen-bond donors (Lipinski definition) is 6. The molecule has 1 aliphatic heterocycles. The van der Waals surface area contributed by atoms with Crippen LogP contribution in [0.4, 0.5) is 0 Å². The molecule has 6 N–H and O–H groups in total. The normalized spacial score (nSPS) is 25.6. The van der Waals surface area contributed by atoms with Gasteiger partial charge < -0.3 is 31.9 Å². The molecule has 0 spiro atoms. The molecule has 1 aromatic carbocycles. The molecule has 0 saturated carbocycles. The van der Waals surface area contributed by atoms with E-state index in [-0.39, 0.29) is 48.9 Å². The second kappa shape index (κ2) is 20.0. The predicted octanol–water partition coefficient (Wildman–Crippen LogP) is 2.99. The molecular weight excluding hydrogens is 636 g/mol. The van der Waals surface area contributed by atoms with E-state index in [1.165, 1.54) is 0 Å². The zero-order valence-corrected chi connectivity index (χ0v) is 31.7. The lowest BCUT2D eigenvalue weighted by Gasteiger charge is -2.32. The molecule has 0 radical (unpaired) electrons. The second-order valence-corrected chi connectivity index (χ2v) is 15.4. The maximum Gasteiger partial charge on any atom is 0.243 e. The highest BCUT2D eigenvalue weighted by atomic mass is 16.2. The SMILES string of the molecule is CC[C@H](C)[C@H]1NC(=O)[C@H](CC(C)C)NC(=O)[C@@H](CC(C)C)NC(=O)[C@H](CC(C)C)NC(=O)[C@H](C(C)C)NC(=O)[C@@H](Cc2ccccc2)NC1=O. The molecule has 0 unspecified atom stereocenters. The summed E-state index contributed by atoms with van der Waals surface area (Å²) in [5.41, 5.74) is 0.786. The summed E-state index contributed by atoms with van der Waals surface area (Å²) in [6.07, 6.45) is 1.55. The van der Waals surface area contributed by atoms with Crippen molar-refractivity contribution in [1.29, 1.82) is 0 Å². The van der Waals surface area contributed by atoms with Crippen molar-refractivity contribution in [3.8, 4) is 0 Å². The average Bonchev–Trinajstić information content (AvgIpc) is 3.03. The molecule has 1 aliphatic rings. The Bertz CT molecular complexity index is 1300. The quantitative estimate of drug-likeness (QED) is 0.207. The van der Waals surface area contributed by atoms with Gasteiger partial charge in [0.05, 0.1) is 0 Å². The Morgan fingerprint density at radius 2 is 0.840 bits per heavy atom. The second-order valence-electron chi connectivity index (χ2n) is 15.4. The summed E-state index contributed by atoms with van der Waals surface area (Å²) < 4.78 is 0. The molecule has 1 saturated heterocycles. The first-order valence-corrected chi connectivity index (χ1v) is 18.3. The smallest absolute Gasteiger partial charge is 0.243 e. The molecule has 0 bridgehead atoms. The van der Waals surface area contributed by atoms with Crippen LogP contribution in [-0.4, -0.2) is 71.7 Å². The van der Waals surface area contributed by atoms with Crippen molar-refractivity contribution in [2.24, 2.45) is 29.6 Å². The summed E-state index contributed by atoms with van der Waals surface area (Å²) in [6.45, 7) is 18.8. The molecule has 1 aromatic rings. The molecule has 1 fully saturated rings. The van der Waals surface area contributed by atoms with Gasteiger partial charge in [0, 0.05) is 6.42 Å². The summed E-state index contributed by atoms with van der Waals surface area (Å²) >= 11 is 0. The van der Waals surface area contributed by atoms with Crippen molar-refractivity contribution in [3.63, 3.8) is 0 Å². The summed E-state index contributed by atoms with van der Waals surface area (Å²) in [5, 5.41) is 17.1. The first-order chi connectivity index (χ1) is 23.4. The van der Waals surface area contributed by atoms with E-state index in [1.807, 2.05) is 85.7 Å². The van der Waals surface area contributed by atoms with Crippen molar-refractivity contribution in [1.82, 2.24) is 31.9 Å². The zero-order chi connectivity index (χ0) is 37.7. The molecule has 12 nitrogen and oxygen atoms in total. The number of nitrogens with one attached hydrogen (secondary N) is 6. The lowest BCUT2D eigenvalue weighted by molar-refractivity contribution is -0.137. The molecule has 12 heteroatoms. The Morgan fingerprint density at radius 1 is 0.480 bits per heavy atom. The lowest BCUT2D eigenvalue weighted by Crippen LogP contribution is -2.63. The van der Waals surface area contributed by atoms with E-state index in [0.29, 0.717) is 12.8 Å². The molecule has 7 atom stereocenters. The standard InChI is InChI=1S/C38H62N6O6/c1-11-25(10)32-38(50)42-30(20-26-15-13-12-14-16-26)36(48)43-31(24(8)9)37(49)41-28(18-22(4)5)34(46)39-27(17-21(2)3)33(45)40-29(19-23(6)7)35(47)44-32/h12-16,21-25,27-32H,11,17-20H2,1-10H3,(H,39,46)(H,40,45)(H,41,49)(H,42,50)(H,43,48)(H,44,47)/t25-,27+,28-,29-,30+,31-,32+/m0/s1. The molecule has 280 valence electrons. The minimum Gasteiger partial charge on any atom is -0.343 e. The van der Waals surface area contributed by atoms with Crippen molar-refractivity contribution in [2.75, 3.05) is 0 Å². The van der Waals surface area contributed by atoms with E-state index in [1.54, 1.807) is 13.8 Å². The van der Waals surface area contributed by atoms with Crippen LogP contribution in [0.5, 0.6) is 0 Å². The first kappa shape index (κ1) is 42.2. The fraction of sp³-hybridized carbons (Fsp3) is 0.684. The summed E-state index contributed by atoms with van der Waals surface area (Å²) in [4.78, 5) is 83.4. The van der Waals surface area contributed by atoms with E-state index >= 15 is 0 Å². The number of hydrogen-bond acceptors (Lipinski definition) is 6. The fourth-order valence-corrected chi connectivity index (χ4v) is 5.98. The largest absolute Gasteiger partial charge is 0.343 e. The van der Waals surface area contributed by atoms with Crippen molar-refractivity contribution >= 4 is 35.4 Å². The Labute approximate surface area is 298 Å². The van der Waals surface area contributed by atoms with Gasteiger partial charge in [-0.15, -0.1) is 0 Å². The Balaban J connectivity index is 2.69. The van der Waals surface area contributed by atoms with Gasteiger partial charge in [0.25, 0.3) is 0 Å². The van der Waals surface area contributed by atoms with Crippen LogP contribution < -0.4 is 31.9 Å². The van der Waals surface area contributed by atoms with Crippen molar-refractivity contribution in [2.45, 2.75) is 138 Å². The molecule has 2 rings (SSSR count). The minimum absolute atomic E-state index is 0.0106. The summed E-state index contributed by atoms with van der Waals surface area (Å²) in [5.74, 6) is -3.91. The lowest BCUT2D eigenvalue weighted by atomic mass is 9.95. The third-order valence-electron chi connectivity index (χ3n) is 8.98. The third-order valence-corrected chi connectivity index (χ3v) is 8.98. The van der Waals surface area contributed by atoms with E-state index in [4.69, 9.17) is 0 Å². The summed E-state index contributed by atoms with van der Waals surface area (Å²) in [6, 6.07) is 3.09. The van der Waals surface area contributed by atoms with Crippen LogP contribution >= 0.6 is 0 Å². The molecule has 50 heavy (non-hydrogen) atoms. The van der Waals surface area contributed by atoms with Gasteiger partial charge in [-0.3, -0.25) is 28.8 Å². The van der Waals surface area contributed by atoms with E-state index < -0.39 is 71.7 Å². The van der Waals surface area contributed by atoms with E-state index in [0.717, 1.165) is 5.56 Å². The number of rotatable bonds is 11. The monoisotopic (exact) mass is 698 g/mol. The summed E-state index contributed by atoms with van der Waals surface area (Å²) in [7, 11) is 0. The third kappa shape index (κ3) is 13.4. The van der Waals surface area contributed by atoms with Crippen LogP contribution in [0.25, 0.3) is 0 Å². The van der Waals surface area contributed by atoms with Gasteiger partial charge in [-0.25, -0.2) is 0 Å². The predicted molar refractivity (Wildman–Crippen MR) is 194 cm³/mol. The molecule has 0 aromatic heterocycles. The van der Waals surface area contributed by atoms with Crippen LogP contribution in [0.15, 0.2) is 30.3 Å². The molecule has 0 aliphatic carbocycles. The van der Waals surface area contributed by atoms with Gasteiger partial charge in [0.1, 0.15) is 36.3 Å². The zero-order valence-electron chi connectivity index (χ0n) is 31.7. The van der Waals surface area contributed by atoms with Crippen LogP contribution in [-0.2, 0) is 35.2 Å². The number of amides is 6. The first-order valence-electron chi connectivity index (χ1n) is 18.3. The maximum absolute atomic E-state index is 14.0. The van der Waals surface area contributed by atoms with Gasteiger partial charge in [-0.2, -0.15) is 0 Å². The van der Waals surface area contributed by atoms with Gasteiger partial charge in [0.15, 0.2) is 0 Å². The topological polar surface area (TPSA) is 175 Å². The number of benzene rings is 1. The number of carbonyl (C=O) groups is 6. The highest BCUT2D eigenvalue weighted by Crippen LogP contribution is 2.15. The van der Waals surface area contributed by atoms with Gasteiger partial charge in [-0.1, -0.05) is 106 Å². The van der Waals surface area contributed by atoms with Crippen LogP contribution in [0.1, 0.15) is 100 Å². The number of carbonyl (C=O) groups excluding carboxylic acids is 6. The van der Waals surface area contributed by atoms with E-state index in [2.05, 4.69) is 31.9 Å². The fourth-order valence-electron chi connectivity index (χ4n) is 5.98. The van der Waals surface area contributed by atoms with Crippen LogP contribution in [0.2, 0.25) is 0 Å². The Kier molecular flexibility index (Phi) is 16.9. The highest BCUT2D eigenvalue weighted by Gasteiger charge is 2.37. The Morgan fingerprint density at radius 3 is 1.26 bits per heavy atom.